The third-order valence-electron chi connectivity index (χ3n) is 3.01. The van der Waals surface area contributed by atoms with Crippen molar-refractivity contribution in [2.75, 3.05) is 33.2 Å². The molecule has 0 aromatic rings. The maximum atomic E-state index is 6.01. The quantitative estimate of drug-likeness (QED) is 0.718. The molecule has 1 rings (SSSR count). The Hall–Kier alpha value is -0.120. The van der Waals surface area contributed by atoms with Crippen LogP contribution in [0.1, 0.15) is 33.6 Å². The molecule has 0 saturated carbocycles. The third-order valence-corrected chi connectivity index (χ3v) is 3.01. The van der Waals surface area contributed by atoms with Gasteiger partial charge in [-0.05, 0) is 32.4 Å². The summed E-state index contributed by atoms with van der Waals surface area (Å²) < 4.78 is 6.01. The summed E-state index contributed by atoms with van der Waals surface area (Å²) in [7, 11) is 2.20. The van der Waals surface area contributed by atoms with Gasteiger partial charge in [0, 0.05) is 19.6 Å². The summed E-state index contributed by atoms with van der Waals surface area (Å²) in [5.41, 5.74) is 0. The molecule has 1 aliphatic heterocycles. The summed E-state index contributed by atoms with van der Waals surface area (Å²) >= 11 is 0. The van der Waals surface area contributed by atoms with Gasteiger partial charge in [-0.3, -0.25) is 0 Å². The van der Waals surface area contributed by atoms with Crippen LogP contribution in [0.5, 0.6) is 0 Å². The topological polar surface area (TPSA) is 24.5 Å². The molecule has 16 heavy (non-hydrogen) atoms. The van der Waals surface area contributed by atoms with Crippen molar-refractivity contribution in [1.29, 1.82) is 0 Å². The fraction of sp³-hybridized carbons (Fsp3) is 1.00. The van der Waals surface area contributed by atoms with E-state index in [1.165, 1.54) is 12.8 Å². The van der Waals surface area contributed by atoms with Crippen molar-refractivity contribution in [1.82, 2.24) is 10.2 Å². The maximum Gasteiger partial charge on any atom is 0.0707 e. The van der Waals surface area contributed by atoms with Crippen LogP contribution in [0, 0.1) is 5.92 Å². The number of rotatable bonds is 7. The molecule has 1 N–H and O–H groups in total. The van der Waals surface area contributed by atoms with Crippen molar-refractivity contribution in [2.45, 2.75) is 45.8 Å². The first-order valence-electron chi connectivity index (χ1n) is 6.66. The van der Waals surface area contributed by atoms with Crippen molar-refractivity contribution in [3.63, 3.8) is 0 Å². The number of hydrogen-bond acceptors (Lipinski definition) is 3. The molecule has 0 spiro atoms. The van der Waals surface area contributed by atoms with Gasteiger partial charge in [0.15, 0.2) is 0 Å². The first kappa shape index (κ1) is 13.9. The second-order valence-corrected chi connectivity index (χ2v) is 5.38. The molecule has 3 heteroatoms. The van der Waals surface area contributed by atoms with E-state index >= 15 is 0 Å². The lowest BCUT2D eigenvalue weighted by Gasteiger charge is -2.23. The van der Waals surface area contributed by atoms with Gasteiger partial charge in [-0.1, -0.05) is 20.8 Å². The second-order valence-electron chi connectivity index (χ2n) is 5.38. The summed E-state index contributed by atoms with van der Waals surface area (Å²) in [6.45, 7) is 11.0. The summed E-state index contributed by atoms with van der Waals surface area (Å²) in [6, 6.07) is 0. The number of ether oxygens (including phenoxy) is 1. The molecule has 0 aromatic carbocycles. The Morgan fingerprint density at radius 2 is 2.00 bits per heavy atom. The maximum absolute atomic E-state index is 6.01. The predicted molar refractivity (Wildman–Crippen MR) is 68.8 cm³/mol. The Balaban J connectivity index is 2.15. The molecule has 0 aliphatic carbocycles. The molecule has 0 bridgehead atoms. The highest BCUT2D eigenvalue weighted by Gasteiger charge is 2.25. The Labute approximate surface area is 101 Å². The van der Waals surface area contributed by atoms with E-state index in [0.29, 0.717) is 12.2 Å². The van der Waals surface area contributed by atoms with Crippen LogP contribution in [-0.4, -0.2) is 50.3 Å². The molecule has 0 amide bonds. The average Bonchev–Trinajstić information content (AvgIpc) is 2.61. The molecule has 96 valence electrons. The van der Waals surface area contributed by atoms with Gasteiger partial charge in [-0.25, -0.2) is 0 Å². The highest BCUT2D eigenvalue weighted by atomic mass is 16.5. The molecule has 1 fully saturated rings. The van der Waals surface area contributed by atoms with Crippen LogP contribution >= 0.6 is 0 Å². The minimum absolute atomic E-state index is 0.442. The second kappa shape index (κ2) is 7.25. The van der Waals surface area contributed by atoms with Crippen LogP contribution in [0.4, 0.5) is 0 Å². The highest BCUT2D eigenvalue weighted by molar-refractivity contribution is 4.77. The minimum atomic E-state index is 0.442. The van der Waals surface area contributed by atoms with Crippen molar-refractivity contribution in [3.8, 4) is 0 Å². The fourth-order valence-corrected chi connectivity index (χ4v) is 2.42. The van der Waals surface area contributed by atoms with Crippen molar-refractivity contribution in [3.05, 3.63) is 0 Å². The summed E-state index contributed by atoms with van der Waals surface area (Å²) in [6.07, 6.45) is 3.33. The standard InChI is InChI=1S/C13H28N2O/c1-5-14-8-12-6-7-13(16-12)10-15(4)9-11(2)3/h11-14H,5-10H2,1-4H3. The van der Waals surface area contributed by atoms with Gasteiger partial charge in [0.25, 0.3) is 0 Å². The van der Waals surface area contributed by atoms with Gasteiger partial charge < -0.3 is 15.0 Å². The summed E-state index contributed by atoms with van der Waals surface area (Å²) in [5, 5.41) is 3.36. The lowest BCUT2D eigenvalue weighted by molar-refractivity contribution is 0.0266. The van der Waals surface area contributed by atoms with E-state index in [4.69, 9.17) is 4.74 Å². The molecule has 3 nitrogen and oxygen atoms in total. The van der Waals surface area contributed by atoms with E-state index in [1.54, 1.807) is 0 Å². The molecule has 0 aromatic heterocycles. The van der Waals surface area contributed by atoms with Crippen LogP contribution < -0.4 is 5.32 Å². The zero-order valence-corrected chi connectivity index (χ0v) is 11.3. The predicted octanol–water partition coefficient (Wildman–Crippen LogP) is 1.73. The molecule has 2 atom stereocenters. The number of nitrogens with one attached hydrogen (secondary N) is 1. The normalized spacial score (nSPS) is 25.9. The van der Waals surface area contributed by atoms with E-state index < -0.39 is 0 Å². The lowest BCUT2D eigenvalue weighted by atomic mass is 10.1. The number of likely N-dealkylation sites (N-methyl/N-ethyl adjacent to an activating group) is 2. The minimum Gasteiger partial charge on any atom is -0.372 e. The Morgan fingerprint density at radius 1 is 1.31 bits per heavy atom. The number of nitrogens with zero attached hydrogens (tertiary/aromatic N) is 1. The van der Waals surface area contributed by atoms with E-state index in [1.807, 2.05) is 0 Å². The molecular formula is C13H28N2O. The zero-order chi connectivity index (χ0) is 12.0. The van der Waals surface area contributed by atoms with Crippen molar-refractivity contribution < 1.29 is 4.74 Å². The largest absolute Gasteiger partial charge is 0.372 e. The van der Waals surface area contributed by atoms with Crippen LogP contribution in [0.2, 0.25) is 0 Å². The summed E-state index contributed by atoms with van der Waals surface area (Å²) in [4.78, 5) is 2.39. The molecule has 2 unspecified atom stereocenters. The fourth-order valence-electron chi connectivity index (χ4n) is 2.42. The van der Waals surface area contributed by atoms with Gasteiger partial charge in [-0.2, -0.15) is 0 Å². The molecular weight excluding hydrogens is 200 g/mol. The first-order valence-corrected chi connectivity index (χ1v) is 6.66. The Morgan fingerprint density at radius 3 is 2.62 bits per heavy atom. The van der Waals surface area contributed by atoms with Gasteiger partial charge in [-0.15, -0.1) is 0 Å². The summed E-state index contributed by atoms with van der Waals surface area (Å²) in [5.74, 6) is 0.740. The van der Waals surface area contributed by atoms with Crippen molar-refractivity contribution in [2.24, 2.45) is 5.92 Å². The lowest BCUT2D eigenvalue weighted by Crippen LogP contribution is -2.33. The SMILES string of the molecule is CCNCC1CCC(CN(C)CC(C)C)O1. The zero-order valence-electron chi connectivity index (χ0n) is 11.3. The van der Waals surface area contributed by atoms with E-state index in [-0.39, 0.29) is 0 Å². The molecule has 0 radical (unpaired) electrons. The van der Waals surface area contributed by atoms with Gasteiger partial charge in [0.1, 0.15) is 0 Å². The monoisotopic (exact) mass is 228 g/mol. The molecule has 1 saturated heterocycles. The first-order chi connectivity index (χ1) is 7.61. The van der Waals surface area contributed by atoms with Crippen LogP contribution in [0.3, 0.4) is 0 Å². The molecule has 1 heterocycles. The van der Waals surface area contributed by atoms with Gasteiger partial charge >= 0.3 is 0 Å². The third kappa shape index (κ3) is 5.28. The van der Waals surface area contributed by atoms with E-state index in [0.717, 1.165) is 32.1 Å². The van der Waals surface area contributed by atoms with Gasteiger partial charge in [0.2, 0.25) is 0 Å². The van der Waals surface area contributed by atoms with Crippen LogP contribution in [-0.2, 0) is 4.74 Å². The van der Waals surface area contributed by atoms with E-state index in [2.05, 4.69) is 38.0 Å². The van der Waals surface area contributed by atoms with E-state index in [9.17, 15) is 0 Å². The Kier molecular flexibility index (Phi) is 6.32. The molecule has 1 aliphatic rings. The highest BCUT2D eigenvalue weighted by Crippen LogP contribution is 2.19. The van der Waals surface area contributed by atoms with Gasteiger partial charge in [0.05, 0.1) is 12.2 Å². The van der Waals surface area contributed by atoms with Crippen LogP contribution in [0.15, 0.2) is 0 Å². The van der Waals surface area contributed by atoms with Crippen LogP contribution in [0.25, 0.3) is 0 Å². The Bertz CT molecular complexity index is 185. The average molecular weight is 228 g/mol. The number of hydrogen-bond donors (Lipinski definition) is 1. The smallest absolute Gasteiger partial charge is 0.0707 e. The van der Waals surface area contributed by atoms with Crippen molar-refractivity contribution >= 4 is 0 Å².